The van der Waals surface area contributed by atoms with Crippen LogP contribution in [-0.4, -0.2) is 23.4 Å². The van der Waals surface area contributed by atoms with Crippen LogP contribution in [-0.2, 0) is 16.1 Å². The van der Waals surface area contributed by atoms with E-state index in [4.69, 9.17) is 10.5 Å². The fourth-order valence-electron chi connectivity index (χ4n) is 3.90. The van der Waals surface area contributed by atoms with Gasteiger partial charge in [0.15, 0.2) is 0 Å². The number of rotatable bonds is 7. The summed E-state index contributed by atoms with van der Waals surface area (Å²) in [5.41, 5.74) is 10.8. The number of nitrogens with one attached hydrogen (secondary N) is 1. The van der Waals surface area contributed by atoms with Gasteiger partial charge in [-0.05, 0) is 60.2 Å². The lowest BCUT2D eigenvalue weighted by Crippen LogP contribution is -2.27. The summed E-state index contributed by atoms with van der Waals surface area (Å²) in [5, 5.41) is 4.96. The number of pyridine rings is 1. The van der Waals surface area contributed by atoms with E-state index in [9.17, 15) is 9.59 Å². The molecule has 1 aromatic heterocycles. The van der Waals surface area contributed by atoms with Crippen LogP contribution in [0.1, 0.15) is 38.5 Å². The van der Waals surface area contributed by atoms with Gasteiger partial charge in [0, 0.05) is 30.0 Å². The van der Waals surface area contributed by atoms with Crippen LogP contribution in [0.15, 0.2) is 79.1 Å². The fourth-order valence-corrected chi connectivity index (χ4v) is 3.90. The van der Waals surface area contributed by atoms with E-state index in [2.05, 4.69) is 10.3 Å². The van der Waals surface area contributed by atoms with E-state index in [0.29, 0.717) is 11.3 Å². The lowest BCUT2D eigenvalue weighted by atomic mass is 9.97. The number of benzene rings is 3. The van der Waals surface area contributed by atoms with Gasteiger partial charge in [0.2, 0.25) is 5.91 Å². The second-order valence-electron chi connectivity index (χ2n) is 8.35. The summed E-state index contributed by atoms with van der Waals surface area (Å²) in [5.74, 6) is -1.03. The van der Waals surface area contributed by atoms with E-state index >= 15 is 0 Å². The maximum absolute atomic E-state index is 12.9. The molecule has 1 heterocycles. The zero-order chi connectivity index (χ0) is 24.1. The smallest absolute Gasteiger partial charge is 0.338 e. The number of carbonyl (C=O) groups is 2. The van der Waals surface area contributed by atoms with Gasteiger partial charge in [0.1, 0.15) is 6.61 Å². The molecule has 0 fully saturated rings. The van der Waals surface area contributed by atoms with Crippen LogP contribution in [0.25, 0.3) is 10.8 Å². The summed E-state index contributed by atoms with van der Waals surface area (Å²) < 4.78 is 5.48. The Hall–Kier alpha value is -4.03. The van der Waals surface area contributed by atoms with Gasteiger partial charge in [0.05, 0.1) is 11.5 Å². The molecule has 0 aliphatic carbocycles. The molecule has 172 valence electrons. The Morgan fingerprint density at radius 3 is 2.50 bits per heavy atom. The van der Waals surface area contributed by atoms with Gasteiger partial charge >= 0.3 is 5.97 Å². The standard InChI is InChI=1S/C28H27N3O3/c1-18-3-10-25(19(2)13-18)28(33)34-17-20-4-6-21(7-5-20)26(15-29)27(32)31-24-9-8-23-16-30-12-11-22(23)14-24/h3-14,16,26H,15,17,29H2,1-2H3,(H,31,32)/t26-/m0/s1. The lowest BCUT2D eigenvalue weighted by Gasteiger charge is -2.16. The molecule has 4 aromatic rings. The van der Waals surface area contributed by atoms with Crippen molar-refractivity contribution in [1.29, 1.82) is 0 Å². The Kier molecular flexibility index (Phi) is 6.99. The second-order valence-corrected chi connectivity index (χ2v) is 8.35. The van der Waals surface area contributed by atoms with Gasteiger partial charge in [0.25, 0.3) is 0 Å². The van der Waals surface area contributed by atoms with Gasteiger partial charge < -0.3 is 15.8 Å². The molecule has 34 heavy (non-hydrogen) atoms. The fraction of sp³-hybridized carbons (Fsp3) is 0.179. The Labute approximate surface area is 198 Å². The number of esters is 1. The van der Waals surface area contributed by atoms with Gasteiger partial charge in [-0.3, -0.25) is 9.78 Å². The van der Waals surface area contributed by atoms with E-state index in [1.165, 1.54) is 0 Å². The van der Waals surface area contributed by atoms with E-state index in [1.54, 1.807) is 18.5 Å². The topological polar surface area (TPSA) is 94.3 Å². The van der Waals surface area contributed by atoms with Crippen LogP contribution < -0.4 is 11.1 Å². The first-order valence-electron chi connectivity index (χ1n) is 11.1. The SMILES string of the molecule is Cc1ccc(C(=O)OCc2ccc([C@H](CN)C(=O)Nc3ccc4cnccc4c3)cc2)c(C)c1. The van der Waals surface area contributed by atoms with Gasteiger partial charge in [-0.1, -0.05) is 48.0 Å². The highest BCUT2D eigenvalue weighted by atomic mass is 16.5. The van der Waals surface area contributed by atoms with Crippen LogP contribution in [0.4, 0.5) is 5.69 Å². The average Bonchev–Trinajstić information content (AvgIpc) is 2.83. The summed E-state index contributed by atoms with van der Waals surface area (Å²) in [6.45, 7) is 4.20. The number of fused-ring (bicyclic) bond motifs is 1. The normalized spacial score (nSPS) is 11.7. The van der Waals surface area contributed by atoms with Crippen LogP contribution in [0, 0.1) is 13.8 Å². The average molecular weight is 454 g/mol. The summed E-state index contributed by atoms with van der Waals surface area (Å²) in [4.78, 5) is 29.4. The Balaban J connectivity index is 1.39. The molecule has 0 aliphatic rings. The number of nitrogens with two attached hydrogens (primary N) is 1. The molecule has 1 amide bonds. The van der Waals surface area contributed by atoms with E-state index in [0.717, 1.165) is 33.0 Å². The zero-order valence-electron chi connectivity index (χ0n) is 19.2. The van der Waals surface area contributed by atoms with Crippen molar-refractivity contribution in [3.8, 4) is 0 Å². The van der Waals surface area contributed by atoms with E-state index in [1.807, 2.05) is 74.5 Å². The summed E-state index contributed by atoms with van der Waals surface area (Å²) in [6.07, 6.45) is 3.50. The highest BCUT2D eigenvalue weighted by Gasteiger charge is 2.19. The van der Waals surface area contributed by atoms with E-state index in [-0.39, 0.29) is 25.0 Å². The van der Waals surface area contributed by atoms with E-state index < -0.39 is 5.92 Å². The Morgan fingerprint density at radius 2 is 1.76 bits per heavy atom. The number of hydrogen-bond donors (Lipinski definition) is 2. The molecule has 0 unspecified atom stereocenters. The first-order chi connectivity index (χ1) is 16.4. The highest BCUT2D eigenvalue weighted by molar-refractivity contribution is 5.98. The molecular weight excluding hydrogens is 426 g/mol. The number of ether oxygens (including phenoxy) is 1. The molecule has 0 spiro atoms. The second kappa shape index (κ2) is 10.3. The number of hydrogen-bond acceptors (Lipinski definition) is 5. The van der Waals surface area contributed by atoms with Gasteiger partial charge in [-0.25, -0.2) is 4.79 Å². The predicted octanol–water partition coefficient (Wildman–Crippen LogP) is 4.89. The number of aromatic nitrogens is 1. The van der Waals surface area contributed by atoms with Crippen LogP contribution >= 0.6 is 0 Å². The molecule has 3 N–H and O–H groups in total. The maximum atomic E-state index is 12.9. The molecule has 3 aromatic carbocycles. The zero-order valence-corrected chi connectivity index (χ0v) is 19.2. The van der Waals surface area contributed by atoms with Crippen LogP contribution in [0.5, 0.6) is 0 Å². The molecule has 1 atom stereocenters. The molecular formula is C28H27N3O3. The van der Waals surface area contributed by atoms with Crippen molar-refractivity contribution in [1.82, 2.24) is 4.98 Å². The summed E-state index contributed by atoms with van der Waals surface area (Å²) >= 11 is 0. The molecule has 6 nitrogen and oxygen atoms in total. The maximum Gasteiger partial charge on any atom is 0.338 e. The number of aryl methyl sites for hydroxylation is 2. The van der Waals surface area contributed by atoms with Crippen LogP contribution in [0.2, 0.25) is 0 Å². The largest absolute Gasteiger partial charge is 0.457 e. The van der Waals surface area contributed by atoms with Crippen molar-refractivity contribution in [2.24, 2.45) is 5.73 Å². The lowest BCUT2D eigenvalue weighted by molar-refractivity contribution is -0.117. The Morgan fingerprint density at radius 1 is 0.971 bits per heavy atom. The molecule has 6 heteroatoms. The third-order valence-electron chi connectivity index (χ3n) is 5.81. The number of carbonyl (C=O) groups excluding carboxylic acids is 2. The predicted molar refractivity (Wildman–Crippen MR) is 134 cm³/mol. The number of nitrogens with zero attached hydrogens (tertiary/aromatic N) is 1. The Bertz CT molecular complexity index is 1330. The minimum absolute atomic E-state index is 0.151. The van der Waals surface area contributed by atoms with Crippen molar-refractivity contribution in [2.75, 3.05) is 11.9 Å². The van der Waals surface area contributed by atoms with Crippen molar-refractivity contribution in [2.45, 2.75) is 26.4 Å². The van der Waals surface area contributed by atoms with Crippen molar-refractivity contribution < 1.29 is 14.3 Å². The van der Waals surface area contributed by atoms with Crippen LogP contribution in [0.3, 0.4) is 0 Å². The quantitative estimate of drug-likeness (QED) is 0.389. The van der Waals surface area contributed by atoms with Crippen molar-refractivity contribution in [3.63, 3.8) is 0 Å². The summed E-state index contributed by atoms with van der Waals surface area (Å²) in [7, 11) is 0. The van der Waals surface area contributed by atoms with Gasteiger partial charge in [-0.2, -0.15) is 0 Å². The number of amides is 1. The third-order valence-corrected chi connectivity index (χ3v) is 5.81. The van der Waals surface area contributed by atoms with Crippen molar-refractivity contribution in [3.05, 3.63) is 107 Å². The third kappa shape index (κ3) is 5.30. The molecule has 0 aliphatic heterocycles. The molecule has 4 rings (SSSR count). The molecule has 0 saturated carbocycles. The van der Waals surface area contributed by atoms with Gasteiger partial charge in [-0.15, -0.1) is 0 Å². The molecule has 0 saturated heterocycles. The highest BCUT2D eigenvalue weighted by Crippen LogP contribution is 2.22. The van der Waals surface area contributed by atoms with Crippen molar-refractivity contribution >= 4 is 28.3 Å². The number of anilines is 1. The first-order valence-corrected chi connectivity index (χ1v) is 11.1. The minimum atomic E-state index is -0.500. The monoisotopic (exact) mass is 453 g/mol. The molecule has 0 radical (unpaired) electrons. The minimum Gasteiger partial charge on any atom is -0.457 e. The summed E-state index contributed by atoms with van der Waals surface area (Å²) in [6, 6.07) is 20.6. The first kappa shape index (κ1) is 23.1. The molecule has 0 bridgehead atoms.